The Morgan fingerprint density at radius 3 is 2.68 bits per heavy atom. The predicted molar refractivity (Wildman–Crippen MR) is 96.0 cm³/mol. The summed E-state index contributed by atoms with van der Waals surface area (Å²) in [5, 5.41) is 3.62. The van der Waals surface area contributed by atoms with E-state index in [1.54, 1.807) is 0 Å². The SMILES string of the molecule is COC(=O)C1CCN(C(=O)C[C@H](C)N[C@@H]2CCc3ccccc32)CC1. The van der Waals surface area contributed by atoms with Gasteiger partial charge < -0.3 is 15.0 Å². The van der Waals surface area contributed by atoms with Gasteiger partial charge in [0.2, 0.25) is 5.91 Å². The Bertz CT molecular complexity index is 623. The van der Waals surface area contributed by atoms with Crippen LogP contribution in [-0.2, 0) is 20.7 Å². The first kappa shape index (κ1) is 17.9. The first-order valence-electron chi connectivity index (χ1n) is 9.28. The van der Waals surface area contributed by atoms with Crippen molar-refractivity contribution >= 4 is 11.9 Å². The number of hydrogen-bond donors (Lipinski definition) is 1. The van der Waals surface area contributed by atoms with Gasteiger partial charge in [-0.25, -0.2) is 0 Å². The molecule has 5 nitrogen and oxygen atoms in total. The van der Waals surface area contributed by atoms with E-state index in [1.807, 2.05) is 4.90 Å². The van der Waals surface area contributed by atoms with E-state index in [0.29, 0.717) is 38.4 Å². The van der Waals surface area contributed by atoms with E-state index in [2.05, 4.69) is 36.5 Å². The maximum atomic E-state index is 12.5. The smallest absolute Gasteiger partial charge is 0.308 e. The topological polar surface area (TPSA) is 58.6 Å². The molecule has 0 saturated carbocycles. The Morgan fingerprint density at radius 1 is 1.24 bits per heavy atom. The van der Waals surface area contributed by atoms with Crippen LogP contribution >= 0.6 is 0 Å². The van der Waals surface area contributed by atoms with Crippen molar-refractivity contribution in [3.8, 4) is 0 Å². The van der Waals surface area contributed by atoms with Crippen LogP contribution in [0, 0.1) is 5.92 Å². The molecule has 0 unspecified atom stereocenters. The minimum atomic E-state index is -0.151. The molecule has 5 heteroatoms. The van der Waals surface area contributed by atoms with Crippen LogP contribution in [0.3, 0.4) is 0 Å². The maximum absolute atomic E-state index is 12.5. The Hall–Kier alpha value is -1.88. The van der Waals surface area contributed by atoms with Crippen molar-refractivity contribution < 1.29 is 14.3 Å². The average molecular weight is 344 g/mol. The lowest BCUT2D eigenvalue weighted by atomic mass is 9.96. The lowest BCUT2D eigenvalue weighted by Crippen LogP contribution is -2.43. The van der Waals surface area contributed by atoms with Crippen LogP contribution in [0.2, 0.25) is 0 Å². The number of carbonyl (C=O) groups is 2. The van der Waals surface area contributed by atoms with Gasteiger partial charge >= 0.3 is 5.97 Å². The number of nitrogens with zero attached hydrogens (tertiary/aromatic N) is 1. The monoisotopic (exact) mass is 344 g/mol. The summed E-state index contributed by atoms with van der Waals surface area (Å²) in [6.45, 7) is 3.38. The molecular weight excluding hydrogens is 316 g/mol. The second kappa shape index (κ2) is 8.00. The zero-order valence-corrected chi connectivity index (χ0v) is 15.2. The highest BCUT2D eigenvalue weighted by Gasteiger charge is 2.29. The Kier molecular flexibility index (Phi) is 5.74. The van der Waals surface area contributed by atoms with Gasteiger partial charge in [0.1, 0.15) is 0 Å². The van der Waals surface area contributed by atoms with Crippen LogP contribution in [0.1, 0.15) is 49.8 Å². The molecular formula is C20H28N2O3. The summed E-state index contributed by atoms with van der Waals surface area (Å²) in [6.07, 6.45) is 4.12. The number of ether oxygens (including phenoxy) is 1. The normalized spacial score (nSPS) is 21.7. The van der Waals surface area contributed by atoms with Gasteiger partial charge in [0, 0.05) is 31.6 Å². The first-order chi connectivity index (χ1) is 12.1. The molecule has 0 radical (unpaired) electrons. The molecule has 0 aromatic heterocycles. The molecule has 25 heavy (non-hydrogen) atoms. The minimum Gasteiger partial charge on any atom is -0.469 e. The largest absolute Gasteiger partial charge is 0.469 e. The molecule has 1 N–H and O–H groups in total. The Labute approximate surface area is 149 Å². The number of aryl methyl sites for hydroxylation is 1. The summed E-state index contributed by atoms with van der Waals surface area (Å²) in [5.41, 5.74) is 2.80. The van der Waals surface area contributed by atoms with Gasteiger partial charge in [-0.2, -0.15) is 0 Å². The molecule has 2 aliphatic rings. The fraction of sp³-hybridized carbons (Fsp3) is 0.600. The third kappa shape index (κ3) is 4.21. The van der Waals surface area contributed by atoms with E-state index in [-0.39, 0.29) is 23.8 Å². The number of hydrogen-bond acceptors (Lipinski definition) is 4. The number of esters is 1. The summed E-state index contributed by atoms with van der Waals surface area (Å²) >= 11 is 0. The van der Waals surface area contributed by atoms with Gasteiger partial charge in [-0.1, -0.05) is 24.3 Å². The summed E-state index contributed by atoms with van der Waals surface area (Å²) in [7, 11) is 1.42. The molecule has 1 aromatic carbocycles. The lowest BCUT2D eigenvalue weighted by molar-refractivity contribution is -0.149. The molecule has 1 aliphatic carbocycles. The zero-order chi connectivity index (χ0) is 17.8. The third-order valence-corrected chi connectivity index (χ3v) is 5.48. The molecule has 3 rings (SSSR count). The van der Waals surface area contributed by atoms with E-state index < -0.39 is 0 Å². The second-order valence-electron chi connectivity index (χ2n) is 7.24. The fourth-order valence-electron chi connectivity index (χ4n) is 4.05. The minimum absolute atomic E-state index is 0.0559. The van der Waals surface area contributed by atoms with Crippen molar-refractivity contribution in [2.75, 3.05) is 20.2 Å². The van der Waals surface area contributed by atoms with Crippen LogP contribution in [0.15, 0.2) is 24.3 Å². The van der Waals surface area contributed by atoms with Gasteiger partial charge in [0.25, 0.3) is 0 Å². The number of nitrogens with one attached hydrogen (secondary N) is 1. The van der Waals surface area contributed by atoms with Crippen molar-refractivity contribution in [1.29, 1.82) is 0 Å². The number of benzene rings is 1. The van der Waals surface area contributed by atoms with Crippen LogP contribution in [0.25, 0.3) is 0 Å². The van der Waals surface area contributed by atoms with E-state index >= 15 is 0 Å². The predicted octanol–water partition coefficient (Wildman–Crippen LogP) is 2.45. The number of methoxy groups -OCH3 is 1. The molecule has 1 saturated heterocycles. The standard InChI is InChI=1S/C20H28N2O3/c1-14(21-18-8-7-15-5-3-4-6-17(15)18)13-19(23)22-11-9-16(10-12-22)20(24)25-2/h3-6,14,16,18,21H,7-13H2,1-2H3/t14-,18+/m0/s1. The van der Waals surface area contributed by atoms with Crippen molar-refractivity contribution in [3.63, 3.8) is 0 Å². The number of fused-ring (bicyclic) bond motifs is 1. The molecule has 1 amide bonds. The average Bonchev–Trinajstić information content (AvgIpc) is 3.04. The van der Waals surface area contributed by atoms with Gasteiger partial charge in [0.05, 0.1) is 13.0 Å². The first-order valence-corrected chi connectivity index (χ1v) is 9.28. The van der Waals surface area contributed by atoms with E-state index in [0.717, 1.165) is 12.8 Å². The van der Waals surface area contributed by atoms with Gasteiger partial charge in [-0.05, 0) is 43.7 Å². The van der Waals surface area contributed by atoms with E-state index in [9.17, 15) is 9.59 Å². The number of likely N-dealkylation sites (tertiary alicyclic amines) is 1. The molecule has 0 spiro atoms. The van der Waals surface area contributed by atoms with E-state index in [4.69, 9.17) is 4.74 Å². The van der Waals surface area contributed by atoms with Crippen molar-refractivity contribution in [1.82, 2.24) is 10.2 Å². The quantitative estimate of drug-likeness (QED) is 0.834. The number of piperidine rings is 1. The zero-order valence-electron chi connectivity index (χ0n) is 15.2. The van der Waals surface area contributed by atoms with Crippen LogP contribution in [-0.4, -0.2) is 43.0 Å². The lowest BCUT2D eigenvalue weighted by Gasteiger charge is -2.32. The van der Waals surface area contributed by atoms with Gasteiger partial charge in [-0.15, -0.1) is 0 Å². The molecule has 0 bridgehead atoms. The van der Waals surface area contributed by atoms with Crippen LogP contribution in [0.5, 0.6) is 0 Å². The number of amides is 1. The third-order valence-electron chi connectivity index (χ3n) is 5.48. The molecule has 1 aliphatic heterocycles. The molecule has 136 valence electrons. The number of carbonyl (C=O) groups excluding carboxylic acids is 2. The second-order valence-corrected chi connectivity index (χ2v) is 7.24. The van der Waals surface area contributed by atoms with E-state index in [1.165, 1.54) is 18.2 Å². The Morgan fingerprint density at radius 2 is 1.96 bits per heavy atom. The van der Waals surface area contributed by atoms with Crippen molar-refractivity contribution in [2.24, 2.45) is 5.92 Å². The summed E-state index contributed by atoms with van der Waals surface area (Å²) in [5.74, 6) is -0.0313. The highest BCUT2D eigenvalue weighted by atomic mass is 16.5. The van der Waals surface area contributed by atoms with Crippen LogP contribution < -0.4 is 5.32 Å². The number of rotatable bonds is 5. The van der Waals surface area contributed by atoms with Crippen LogP contribution in [0.4, 0.5) is 0 Å². The van der Waals surface area contributed by atoms with Crippen molar-refractivity contribution in [3.05, 3.63) is 35.4 Å². The van der Waals surface area contributed by atoms with Gasteiger partial charge in [0.15, 0.2) is 0 Å². The Balaban J connectivity index is 1.47. The van der Waals surface area contributed by atoms with Crippen molar-refractivity contribution in [2.45, 2.75) is 51.1 Å². The van der Waals surface area contributed by atoms with Gasteiger partial charge in [-0.3, -0.25) is 9.59 Å². The highest BCUT2D eigenvalue weighted by molar-refractivity contribution is 5.77. The molecule has 2 atom stereocenters. The summed E-state index contributed by atoms with van der Waals surface area (Å²) in [4.78, 5) is 26.0. The molecule has 1 heterocycles. The fourth-order valence-corrected chi connectivity index (χ4v) is 4.05. The summed E-state index contributed by atoms with van der Waals surface area (Å²) in [6, 6.07) is 9.04. The maximum Gasteiger partial charge on any atom is 0.308 e. The highest BCUT2D eigenvalue weighted by Crippen LogP contribution is 2.31. The summed E-state index contributed by atoms with van der Waals surface area (Å²) < 4.78 is 4.80. The molecule has 1 fully saturated rings. The molecule has 1 aromatic rings.